The van der Waals surface area contributed by atoms with E-state index in [1.165, 1.54) is 28.7 Å². The van der Waals surface area contributed by atoms with E-state index in [4.69, 9.17) is 4.74 Å². The number of carbonyl (C=O) groups excluding carboxylic acids is 1. The number of anilines is 1. The summed E-state index contributed by atoms with van der Waals surface area (Å²) in [5.41, 5.74) is 3.22. The summed E-state index contributed by atoms with van der Waals surface area (Å²) in [5, 5.41) is 14.4. The third-order valence-electron chi connectivity index (χ3n) is 4.77. The zero-order valence-corrected chi connectivity index (χ0v) is 18.4. The van der Waals surface area contributed by atoms with Crippen LogP contribution in [0.2, 0.25) is 0 Å². The molecule has 10 heteroatoms. The summed E-state index contributed by atoms with van der Waals surface area (Å²) in [4.78, 5) is 19.3. The van der Waals surface area contributed by atoms with Crippen LogP contribution < -0.4 is 5.32 Å². The van der Waals surface area contributed by atoms with Crippen LogP contribution in [0.3, 0.4) is 0 Å². The highest BCUT2D eigenvalue weighted by Gasteiger charge is 2.15. The molecule has 4 rings (SSSR count). The van der Waals surface area contributed by atoms with Crippen molar-refractivity contribution in [3.8, 4) is 5.69 Å². The van der Waals surface area contributed by atoms with Crippen molar-refractivity contribution in [2.24, 2.45) is 0 Å². The number of hydrogen-bond donors (Lipinski definition) is 1. The summed E-state index contributed by atoms with van der Waals surface area (Å²) in [5.74, 6) is 0.136. The van der Waals surface area contributed by atoms with Crippen LogP contribution in [-0.4, -0.2) is 62.6 Å². The highest BCUT2D eigenvalue weighted by molar-refractivity contribution is 7.99. The van der Waals surface area contributed by atoms with Crippen LogP contribution in [0.4, 0.5) is 5.13 Å². The largest absolute Gasteiger partial charge is 0.379 e. The van der Waals surface area contributed by atoms with Crippen LogP contribution in [-0.2, 0) is 22.5 Å². The SMILES string of the molecule is CCc1ccccc1-n1cnnc1SCC(=O)Nc1nc(CN2CCOCC2)cs1. The van der Waals surface area contributed by atoms with Crippen LogP contribution >= 0.6 is 23.1 Å². The second kappa shape index (κ2) is 10.2. The topological polar surface area (TPSA) is 85.2 Å². The third kappa shape index (κ3) is 5.25. The van der Waals surface area contributed by atoms with Gasteiger partial charge in [-0.2, -0.15) is 0 Å². The molecule has 30 heavy (non-hydrogen) atoms. The highest BCUT2D eigenvalue weighted by Crippen LogP contribution is 2.23. The van der Waals surface area contributed by atoms with Crippen LogP contribution in [0.15, 0.2) is 41.1 Å². The molecule has 0 bridgehead atoms. The number of para-hydroxylation sites is 1. The fourth-order valence-electron chi connectivity index (χ4n) is 3.24. The lowest BCUT2D eigenvalue weighted by Gasteiger charge is -2.25. The Bertz CT molecular complexity index is 983. The van der Waals surface area contributed by atoms with Crippen molar-refractivity contribution in [3.63, 3.8) is 0 Å². The molecule has 2 aromatic heterocycles. The first kappa shape index (κ1) is 21.0. The summed E-state index contributed by atoms with van der Waals surface area (Å²) in [7, 11) is 0. The number of nitrogens with one attached hydrogen (secondary N) is 1. The number of thiazole rings is 1. The molecule has 8 nitrogen and oxygen atoms in total. The Morgan fingerprint density at radius 2 is 2.13 bits per heavy atom. The first-order valence-corrected chi connectivity index (χ1v) is 11.7. The number of thioether (sulfide) groups is 1. The van der Waals surface area contributed by atoms with Gasteiger partial charge in [0.2, 0.25) is 5.91 Å². The quantitative estimate of drug-likeness (QED) is 0.535. The lowest BCUT2D eigenvalue weighted by Crippen LogP contribution is -2.35. The third-order valence-corrected chi connectivity index (χ3v) is 6.52. The van der Waals surface area contributed by atoms with E-state index >= 15 is 0 Å². The molecule has 1 fully saturated rings. The van der Waals surface area contributed by atoms with Crippen LogP contribution in [0, 0.1) is 0 Å². The smallest absolute Gasteiger partial charge is 0.236 e. The Kier molecular flexibility index (Phi) is 7.11. The molecule has 0 spiro atoms. The molecule has 1 N–H and O–H groups in total. The highest BCUT2D eigenvalue weighted by atomic mass is 32.2. The maximum absolute atomic E-state index is 12.4. The molecule has 1 aliphatic heterocycles. The van der Waals surface area contributed by atoms with Crippen LogP contribution in [0.5, 0.6) is 0 Å². The van der Waals surface area contributed by atoms with E-state index < -0.39 is 0 Å². The van der Waals surface area contributed by atoms with Crippen molar-refractivity contribution in [1.29, 1.82) is 0 Å². The monoisotopic (exact) mass is 444 g/mol. The first-order chi connectivity index (χ1) is 14.7. The van der Waals surface area contributed by atoms with Crippen molar-refractivity contribution in [1.82, 2.24) is 24.6 Å². The molecule has 0 saturated carbocycles. The summed E-state index contributed by atoms with van der Waals surface area (Å²) < 4.78 is 7.30. The average Bonchev–Trinajstić information content (AvgIpc) is 3.42. The molecule has 0 aliphatic carbocycles. The predicted octanol–water partition coefficient (Wildman–Crippen LogP) is 2.85. The van der Waals surface area contributed by atoms with Crippen molar-refractivity contribution in [3.05, 3.63) is 47.2 Å². The Balaban J connectivity index is 1.32. The van der Waals surface area contributed by atoms with E-state index in [1.807, 2.05) is 28.1 Å². The van der Waals surface area contributed by atoms with Crippen molar-refractivity contribution >= 4 is 34.1 Å². The Morgan fingerprint density at radius 1 is 1.30 bits per heavy atom. The van der Waals surface area contributed by atoms with Crippen molar-refractivity contribution in [2.45, 2.75) is 25.0 Å². The van der Waals surface area contributed by atoms with Gasteiger partial charge in [0, 0.05) is 25.0 Å². The van der Waals surface area contributed by atoms with Gasteiger partial charge in [0.25, 0.3) is 0 Å². The van der Waals surface area contributed by atoms with Gasteiger partial charge < -0.3 is 10.1 Å². The van der Waals surface area contributed by atoms with E-state index in [-0.39, 0.29) is 11.7 Å². The molecule has 3 aromatic rings. The van der Waals surface area contributed by atoms with E-state index in [0.717, 1.165) is 50.7 Å². The van der Waals surface area contributed by atoms with Gasteiger partial charge in [-0.15, -0.1) is 21.5 Å². The standard InChI is InChI=1S/C20H24N6O2S2/c1-2-15-5-3-4-6-17(15)26-14-21-24-20(26)30-13-18(27)23-19-22-16(12-29-19)11-25-7-9-28-10-8-25/h3-6,12,14H,2,7-11,13H2,1H3,(H,22,23,27). The number of amides is 1. The summed E-state index contributed by atoms with van der Waals surface area (Å²) in [6.45, 7) is 6.25. The van der Waals surface area contributed by atoms with Gasteiger partial charge in [0.1, 0.15) is 6.33 Å². The minimum absolute atomic E-state index is 0.106. The first-order valence-electron chi connectivity index (χ1n) is 9.88. The Morgan fingerprint density at radius 3 is 2.97 bits per heavy atom. The van der Waals surface area contributed by atoms with Gasteiger partial charge in [-0.3, -0.25) is 14.3 Å². The zero-order valence-electron chi connectivity index (χ0n) is 16.8. The zero-order chi connectivity index (χ0) is 20.8. The lowest BCUT2D eigenvalue weighted by molar-refractivity contribution is -0.113. The molecule has 0 radical (unpaired) electrons. The van der Waals surface area contributed by atoms with Gasteiger partial charge >= 0.3 is 0 Å². The fourth-order valence-corrected chi connectivity index (χ4v) is 4.68. The summed E-state index contributed by atoms with van der Waals surface area (Å²) in [6.07, 6.45) is 2.60. The molecule has 1 aliphatic rings. The van der Waals surface area contributed by atoms with E-state index in [9.17, 15) is 4.79 Å². The maximum atomic E-state index is 12.4. The van der Waals surface area contributed by atoms with Crippen LogP contribution in [0.25, 0.3) is 5.69 Å². The molecule has 158 valence electrons. The number of rotatable bonds is 8. The number of ether oxygens (including phenoxy) is 1. The predicted molar refractivity (Wildman–Crippen MR) is 118 cm³/mol. The number of nitrogens with zero attached hydrogens (tertiary/aromatic N) is 5. The van der Waals surface area contributed by atoms with Gasteiger partial charge in [0.05, 0.1) is 30.3 Å². The fraction of sp³-hybridized carbons (Fsp3) is 0.400. The molecule has 3 heterocycles. The molecule has 1 saturated heterocycles. The van der Waals surface area contributed by atoms with Crippen molar-refractivity contribution < 1.29 is 9.53 Å². The molecule has 0 atom stereocenters. The maximum Gasteiger partial charge on any atom is 0.236 e. The van der Waals surface area contributed by atoms with Gasteiger partial charge in [0.15, 0.2) is 10.3 Å². The Labute approximate surface area is 183 Å². The van der Waals surface area contributed by atoms with E-state index in [1.54, 1.807) is 6.33 Å². The summed E-state index contributed by atoms with van der Waals surface area (Å²) >= 11 is 2.81. The Hall–Kier alpha value is -2.27. The van der Waals surface area contributed by atoms with Gasteiger partial charge in [-0.1, -0.05) is 36.9 Å². The molecular weight excluding hydrogens is 420 g/mol. The molecule has 1 amide bonds. The van der Waals surface area contributed by atoms with Gasteiger partial charge in [-0.05, 0) is 18.1 Å². The van der Waals surface area contributed by atoms with Crippen molar-refractivity contribution in [2.75, 3.05) is 37.4 Å². The molecule has 0 unspecified atom stereocenters. The second-order valence-electron chi connectivity index (χ2n) is 6.84. The minimum Gasteiger partial charge on any atom is -0.379 e. The number of aryl methyl sites for hydroxylation is 1. The molecular formula is C20H24N6O2S2. The number of benzene rings is 1. The average molecular weight is 445 g/mol. The molecule has 1 aromatic carbocycles. The normalized spacial score (nSPS) is 14.7. The number of hydrogen-bond acceptors (Lipinski definition) is 8. The number of aromatic nitrogens is 4. The van der Waals surface area contributed by atoms with Gasteiger partial charge in [-0.25, -0.2) is 4.98 Å². The van der Waals surface area contributed by atoms with Crippen LogP contribution in [0.1, 0.15) is 18.2 Å². The minimum atomic E-state index is -0.106. The lowest BCUT2D eigenvalue weighted by atomic mass is 10.1. The number of carbonyl (C=O) groups is 1. The van der Waals surface area contributed by atoms with E-state index in [2.05, 4.69) is 38.4 Å². The van der Waals surface area contributed by atoms with E-state index in [0.29, 0.717) is 10.3 Å². The number of morpholine rings is 1. The second-order valence-corrected chi connectivity index (χ2v) is 8.64. The summed E-state index contributed by atoms with van der Waals surface area (Å²) in [6, 6.07) is 8.15.